The summed E-state index contributed by atoms with van der Waals surface area (Å²) >= 11 is 7.81. The molecule has 0 aliphatic heterocycles. The fourth-order valence-corrected chi connectivity index (χ4v) is 6.45. The van der Waals surface area contributed by atoms with Gasteiger partial charge in [0.15, 0.2) is 5.13 Å². The molecule has 6 nitrogen and oxygen atoms in total. The predicted octanol–water partition coefficient (Wildman–Crippen LogP) is 8.87. The maximum atomic E-state index is 11.4. The van der Waals surface area contributed by atoms with E-state index in [9.17, 15) is 5.11 Å². The molecule has 2 N–H and O–H groups in total. The first kappa shape index (κ1) is 26.1. The van der Waals surface area contributed by atoms with E-state index in [1.165, 1.54) is 11.3 Å². The lowest BCUT2D eigenvalue weighted by atomic mass is 9.91. The van der Waals surface area contributed by atoms with Crippen LogP contribution in [0.5, 0.6) is 11.5 Å². The quantitative estimate of drug-likeness (QED) is 0.194. The number of para-hydroxylation sites is 1. The van der Waals surface area contributed by atoms with Gasteiger partial charge in [-0.1, -0.05) is 83.6 Å². The molecule has 1 unspecified atom stereocenters. The number of halogens is 1. The summed E-state index contributed by atoms with van der Waals surface area (Å²) in [6, 6.07) is 34.7. The van der Waals surface area contributed by atoms with Crippen LogP contribution in [-0.2, 0) is 0 Å². The van der Waals surface area contributed by atoms with Gasteiger partial charge in [-0.3, -0.25) is 0 Å². The second-order valence-corrected chi connectivity index (χ2v) is 11.3. The van der Waals surface area contributed by atoms with E-state index < -0.39 is 6.04 Å². The van der Waals surface area contributed by atoms with Gasteiger partial charge in [-0.05, 0) is 59.3 Å². The number of methoxy groups -OCH3 is 1. The number of phenolic OH excluding ortho intramolecular Hbond substituents is 1. The molecular formula is C34H25ClN4O2S. The number of benzene rings is 5. The van der Waals surface area contributed by atoms with Crippen LogP contribution in [0, 0.1) is 0 Å². The van der Waals surface area contributed by atoms with Crippen LogP contribution in [0.4, 0.5) is 5.13 Å². The molecule has 5 aromatic carbocycles. The van der Waals surface area contributed by atoms with Gasteiger partial charge >= 0.3 is 0 Å². The van der Waals surface area contributed by atoms with Crippen molar-refractivity contribution in [1.82, 2.24) is 14.8 Å². The van der Waals surface area contributed by atoms with Crippen molar-refractivity contribution in [3.8, 4) is 28.4 Å². The van der Waals surface area contributed by atoms with Crippen molar-refractivity contribution < 1.29 is 9.84 Å². The molecule has 7 rings (SSSR count). The van der Waals surface area contributed by atoms with Crippen molar-refractivity contribution in [2.75, 3.05) is 12.4 Å². The molecule has 2 aromatic heterocycles. The maximum absolute atomic E-state index is 11.4. The summed E-state index contributed by atoms with van der Waals surface area (Å²) in [5.74, 6) is 0.910. The molecule has 0 saturated carbocycles. The fourth-order valence-electron chi connectivity index (χ4n) is 5.28. The van der Waals surface area contributed by atoms with Crippen LogP contribution in [-0.4, -0.2) is 27.0 Å². The summed E-state index contributed by atoms with van der Waals surface area (Å²) in [7, 11) is 1.65. The number of hydrogen-bond donors (Lipinski definition) is 2. The third kappa shape index (κ3) is 4.83. The van der Waals surface area contributed by atoms with Crippen molar-refractivity contribution in [2.24, 2.45) is 0 Å². The van der Waals surface area contributed by atoms with Crippen LogP contribution in [0.25, 0.3) is 37.9 Å². The topological polar surface area (TPSA) is 72.2 Å². The van der Waals surface area contributed by atoms with E-state index in [1.54, 1.807) is 13.2 Å². The van der Waals surface area contributed by atoms with Crippen LogP contribution in [0.15, 0.2) is 115 Å². The molecule has 2 heterocycles. The smallest absolute Gasteiger partial charge is 0.184 e. The van der Waals surface area contributed by atoms with Gasteiger partial charge in [-0.15, -0.1) is 0 Å². The second kappa shape index (κ2) is 10.9. The highest BCUT2D eigenvalue weighted by Crippen LogP contribution is 2.42. The first-order valence-corrected chi connectivity index (χ1v) is 14.6. The van der Waals surface area contributed by atoms with Crippen LogP contribution < -0.4 is 10.1 Å². The summed E-state index contributed by atoms with van der Waals surface area (Å²) < 4.78 is 8.40. The van der Waals surface area contributed by atoms with E-state index in [0.717, 1.165) is 54.8 Å². The van der Waals surface area contributed by atoms with Gasteiger partial charge in [-0.2, -0.15) is 5.10 Å². The zero-order valence-corrected chi connectivity index (χ0v) is 24.1. The molecule has 0 bridgehead atoms. The van der Waals surface area contributed by atoms with Gasteiger partial charge < -0.3 is 15.2 Å². The van der Waals surface area contributed by atoms with Gasteiger partial charge in [0.25, 0.3) is 0 Å². The van der Waals surface area contributed by atoms with E-state index in [2.05, 4.69) is 5.32 Å². The summed E-state index contributed by atoms with van der Waals surface area (Å²) in [5, 5.41) is 23.5. The molecule has 7 aromatic rings. The molecule has 8 heteroatoms. The molecule has 0 fully saturated rings. The molecule has 0 amide bonds. The maximum Gasteiger partial charge on any atom is 0.184 e. The van der Waals surface area contributed by atoms with Crippen molar-refractivity contribution in [1.29, 1.82) is 0 Å². The molecule has 0 radical (unpaired) electrons. The summed E-state index contributed by atoms with van der Waals surface area (Å²) in [5.41, 5.74) is 5.02. The Balaban J connectivity index is 1.49. The number of rotatable bonds is 7. The Labute approximate surface area is 251 Å². The van der Waals surface area contributed by atoms with E-state index in [-0.39, 0.29) is 5.75 Å². The Kier molecular flexibility index (Phi) is 6.74. The van der Waals surface area contributed by atoms with E-state index in [4.69, 9.17) is 26.4 Å². The standard InChI is InChI=1S/C34H25ClN4O2S/c1-41-25-12-7-9-22(18-25)32-27(20-39(38-32)24-10-3-2-4-11-24)33(31-26-13-6-5-8-21(26)14-17-29(31)40)37-34-36-28-16-15-23(35)19-30(28)42-34/h2-20,33,40H,1H3,(H,36,37). The minimum atomic E-state index is -0.509. The number of aromatic hydroxyl groups is 1. The zero-order valence-electron chi connectivity index (χ0n) is 22.5. The molecular weight excluding hydrogens is 564 g/mol. The van der Waals surface area contributed by atoms with Gasteiger partial charge in [0, 0.05) is 27.9 Å². The van der Waals surface area contributed by atoms with Crippen LogP contribution in [0.3, 0.4) is 0 Å². The minimum Gasteiger partial charge on any atom is -0.508 e. The van der Waals surface area contributed by atoms with Crippen LogP contribution >= 0.6 is 22.9 Å². The van der Waals surface area contributed by atoms with Gasteiger partial charge in [-0.25, -0.2) is 9.67 Å². The highest BCUT2D eigenvalue weighted by atomic mass is 35.5. The lowest BCUT2D eigenvalue weighted by molar-refractivity contribution is 0.415. The van der Waals surface area contributed by atoms with Crippen molar-refractivity contribution in [3.63, 3.8) is 0 Å². The number of thiazole rings is 1. The SMILES string of the molecule is COc1cccc(-c2nn(-c3ccccc3)cc2C(Nc2nc3ccc(Cl)cc3s2)c2c(O)ccc3ccccc23)c1. The predicted molar refractivity (Wildman–Crippen MR) is 171 cm³/mol. The molecule has 1 atom stereocenters. The van der Waals surface area contributed by atoms with E-state index in [0.29, 0.717) is 10.2 Å². The molecule has 206 valence electrons. The second-order valence-electron chi connectivity index (χ2n) is 9.87. The number of nitrogens with one attached hydrogen (secondary N) is 1. The summed E-state index contributed by atoms with van der Waals surface area (Å²) in [4.78, 5) is 4.87. The first-order valence-electron chi connectivity index (χ1n) is 13.4. The minimum absolute atomic E-state index is 0.180. The van der Waals surface area contributed by atoms with Crippen molar-refractivity contribution in [3.05, 3.63) is 132 Å². The average molecular weight is 589 g/mol. The largest absolute Gasteiger partial charge is 0.508 e. The normalized spacial score (nSPS) is 12.0. The number of phenols is 1. The summed E-state index contributed by atoms with van der Waals surface area (Å²) in [6.45, 7) is 0. The molecule has 42 heavy (non-hydrogen) atoms. The number of nitrogens with zero attached hydrogens (tertiary/aromatic N) is 3. The number of fused-ring (bicyclic) bond motifs is 2. The number of ether oxygens (including phenoxy) is 1. The Hall–Kier alpha value is -4.85. The highest BCUT2D eigenvalue weighted by Gasteiger charge is 2.28. The van der Waals surface area contributed by atoms with Crippen LogP contribution in [0.2, 0.25) is 5.02 Å². The van der Waals surface area contributed by atoms with Gasteiger partial charge in [0.2, 0.25) is 0 Å². The Bertz CT molecular complexity index is 2050. The Morgan fingerprint density at radius 3 is 2.60 bits per heavy atom. The highest BCUT2D eigenvalue weighted by molar-refractivity contribution is 7.22. The fraction of sp³-hybridized carbons (Fsp3) is 0.0588. The number of anilines is 1. The number of aromatic nitrogens is 3. The number of hydrogen-bond acceptors (Lipinski definition) is 6. The lowest BCUT2D eigenvalue weighted by Gasteiger charge is -2.22. The lowest BCUT2D eigenvalue weighted by Crippen LogP contribution is -2.13. The Morgan fingerprint density at radius 2 is 1.74 bits per heavy atom. The van der Waals surface area contributed by atoms with Crippen molar-refractivity contribution in [2.45, 2.75) is 6.04 Å². The third-order valence-corrected chi connectivity index (χ3v) is 8.46. The first-order chi connectivity index (χ1) is 20.6. The average Bonchev–Trinajstić information content (AvgIpc) is 3.65. The molecule has 0 aliphatic carbocycles. The van der Waals surface area contributed by atoms with Gasteiger partial charge in [0.05, 0.1) is 34.7 Å². The van der Waals surface area contributed by atoms with Crippen molar-refractivity contribution >= 4 is 49.1 Å². The monoisotopic (exact) mass is 588 g/mol. The van der Waals surface area contributed by atoms with E-state index >= 15 is 0 Å². The third-order valence-electron chi connectivity index (χ3n) is 7.27. The zero-order chi connectivity index (χ0) is 28.6. The Morgan fingerprint density at radius 1 is 0.905 bits per heavy atom. The molecule has 0 saturated heterocycles. The van der Waals surface area contributed by atoms with E-state index in [1.807, 2.05) is 114 Å². The molecule has 0 spiro atoms. The van der Waals surface area contributed by atoms with Crippen LogP contribution in [0.1, 0.15) is 17.2 Å². The molecule has 0 aliphatic rings. The van der Waals surface area contributed by atoms with Gasteiger partial charge in [0.1, 0.15) is 11.5 Å². The summed E-state index contributed by atoms with van der Waals surface area (Å²) in [6.07, 6.45) is 2.02.